The van der Waals surface area contributed by atoms with Gasteiger partial charge in [0.15, 0.2) is 3.77 Å². The van der Waals surface area contributed by atoms with Gasteiger partial charge < -0.3 is 9.15 Å². The highest BCUT2D eigenvalue weighted by Crippen LogP contribution is 2.34. The van der Waals surface area contributed by atoms with E-state index < -0.39 is 12.0 Å². The molecule has 0 aliphatic carbocycles. The first-order valence-electron chi connectivity index (χ1n) is 5.54. The molecule has 1 aromatic heterocycles. The fraction of sp³-hybridized carbons (Fsp3) is 0.250. The lowest BCUT2D eigenvalue weighted by atomic mass is 10.3. The fourth-order valence-corrected chi connectivity index (χ4v) is 3.46. The fourth-order valence-electron chi connectivity index (χ4n) is 1.62. The first-order chi connectivity index (χ1) is 9.43. The van der Waals surface area contributed by atoms with Crippen LogP contribution < -0.4 is 0 Å². The Kier molecular flexibility index (Phi) is 4.86. The van der Waals surface area contributed by atoms with E-state index in [2.05, 4.69) is 4.74 Å². The SMILES string of the molecule is COC(=O)C(C)N1C(=O)C(=Cc2ccc(I)o2)SC1=S. The van der Waals surface area contributed by atoms with Crippen LogP contribution in [0.25, 0.3) is 6.08 Å². The molecule has 2 rings (SSSR count). The highest BCUT2D eigenvalue weighted by molar-refractivity contribution is 14.1. The van der Waals surface area contributed by atoms with Crippen molar-refractivity contribution in [2.45, 2.75) is 13.0 Å². The summed E-state index contributed by atoms with van der Waals surface area (Å²) in [6.07, 6.45) is 1.62. The van der Waals surface area contributed by atoms with Crippen molar-refractivity contribution in [2.75, 3.05) is 7.11 Å². The standard InChI is InChI=1S/C12H10INO4S2/c1-6(11(16)17-2)14-10(15)8(20-12(14)19)5-7-3-4-9(13)18-7/h3-6H,1-2H3. The Bertz CT molecular complexity index is 610. The van der Waals surface area contributed by atoms with E-state index in [1.165, 1.54) is 12.0 Å². The van der Waals surface area contributed by atoms with E-state index in [9.17, 15) is 9.59 Å². The summed E-state index contributed by atoms with van der Waals surface area (Å²) in [4.78, 5) is 25.5. The molecule has 0 saturated carbocycles. The van der Waals surface area contributed by atoms with E-state index in [1.807, 2.05) is 22.6 Å². The number of hydrogen-bond donors (Lipinski definition) is 0. The first kappa shape index (κ1) is 15.5. The molecule has 1 aromatic rings. The molecule has 1 aliphatic rings. The zero-order chi connectivity index (χ0) is 14.9. The number of thioether (sulfide) groups is 1. The Hall–Kier alpha value is -0.870. The Labute approximate surface area is 138 Å². The number of halogens is 1. The molecule has 106 valence electrons. The lowest BCUT2D eigenvalue weighted by molar-refractivity contribution is -0.147. The number of ether oxygens (including phenoxy) is 1. The van der Waals surface area contributed by atoms with Crippen LogP contribution in [0.15, 0.2) is 21.5 Å². The second-order valence-electron chi connectivity index (χ2n) is 3.89. The zero-order valence-electron chi connectivity index (χ0n) is 10.6. The Morgan fingerprint density at radius 2 is 2.30 bits per heavy atom. The summed E-state index contributed by atoms with van der Waals surface area (Å²) < 4.78 is 11.1. The van der Waals surface area contributed by atoms with Crippen LogP contribution in [0.2, 0.25) is 0 Å². The quantitative estimate of drug-likeness (QED) is 0.323. The van der Waals surface area contributed by atoms with Gasteiger partial charge in [-0.25, -0.2) is 4.79 Å². The molecule has 0 bridgehead atoms. The summed E-state index contributed by atoms with van der Waals surface area (Å²) in [6, 6.07) is 2.82. The minimum absolute atomic E-state index is 0.315. The van der Waals surface area contributed by atoms with E-state index in [4.69, 9.17) is 16.6 Å². The molecule has 1 aliphatic heterocycles. The van der Waals surface area contributed by atoms with Gasteiger partial charge in [0.25, 0.3) is 5.91 Å². The second kappa shape index (κ2) is 6.27. The minimum Gasteiger partial charge on any atom is -0.467 e. The predicted octanol–water partition coefficient (Wildman–Crippen LogP) is 2.65. The van der Waals surface area contributed by atoms with Crippen LogP contribution in [0.3, 0.4) is 0 Å². The molecule has 0 radical (unpaired) electrons. The normalized spacial score (nSPS) is 18.8. The topological polar surface area (TPSA) is 59.8 Å². The number of thiocarbonyl (C=S) groups is 1. The third-order valence-electron chi connectivity index (χ3n) is 2.62. The third-order valence-corrected chi connectivity index (χ3v) is 4.53. The van der Waals surface area contributed by atoms with Gasteiger partial charge in [-0.1, -0.05) is 24.0 Å². The van der Waals surface area contributed by atoms with E-state index >= 15 is 0 Å². The predicted molar refractivity (Wildman–Crippen MR) is 87.9 cm³/mol. The van der Waals surface area contributed by atoms with Gasteiger partial charge in [-0.05, 0) is 41.6 Å². The van der Waals surface area contributed by atoms with Gasteiger partial charge in [0, 0.05) is 6.08 Å². The highest BCUT2D eigenvalue weighted by atomic mass is 127. The number of furan rings is 1. The molecule has 0 spiro atoms. The maximum atomic E-state index is 12.3. The van der Waals surface area contributed by atoms with Crippen LogP contribution in [-0.4, -0.2) is 34.2 Å². The number of rotatable bonds is 3. The van der Waals surface area contributed by atoms with Crippen molar-refractivity contribution < 1.29 is 18.7 Å². The molecule has 1 fully saturated rings. The number of carbonyl (C=O) groups is 2. The minimum atomic E-state index is -0.741. The summed E-state index contributed by atoms with van der Waals surface area (Å²) in [5.74, 6) is -0.250. The molecule has 20 heavy (non-hydrogen) atoms. The third kappa shape index (κ3) is 3.07. The van der Waals surface area contributed by atoms with E-state index in [0.29, 0.717) is 15.0 Å². The van der Waals surface area contributed by atoms with Crippen molar-refractivity contribution in [1.82, 2.24) is 4.90 Å². The molecule has 1 atom stereocenters. The molecule has 5 nitrogen and oxygen atoms in total. The van der Waals surface area contributed by atoms with Crippen molar-refractivity contribution in [3.8, 4) is 0 Å². The number of esters is 1. The van der Waals surface area contributed by atoms with Gasteiger partial charge in [-0.2, -0.15) is 0 Å². The molecule has 1 amide bonds. The van der Waals surface area contributed by atoms with Gasteiger partial charge in [-0.3, -0.25) is 9.69 Å². The Morgan fingerprint density at radius 1 is 1.60 bits per heavy atom. The lowest BCUT2D eigenvalue weighted by Gasteiger charge is -2.20. The summed E-state index contributed by atoms with van der Waals surface area (Å²) in [5, 5.41) is 0. The average molecular weight is 423 g/mol. The van der Waals surface area contributed by atoms with Crippen LogP contribution in [0, 0.1) is 3.77 Å². The largest absolute Gasteiger partial charge is 0.467 e. The van der Waals surface area contributed by atoms with Gasteiger partial charge in [0.05, 0.1) is 12.0 Å². The number of methoxy groups -OCH3 is 1. The van der Waals surface area contributed by atoms with E-state index in [1.54, 1.807) is 25.1 Å². The molecular weight excluding hydrogens is 413 g/mol. The van der Waals surface area contributed by atoms with Crippen LogP contribution in [0.4, 0.5) is 0 Å². The maximum absolute atomic E-state index is 12.3. The monoisotopic (exact) mass is 423 g/mol. The summed E-state index contributed by atoms with van der Waals surface area (Å²) in [6.45, 7) is 1.58. The van der Waals surface area contributed by atoms with Crippen LogP contribution in [-0.2, 0) is 14.3 Å². The van der Waals surface area contributed by atoms with Crippen LogP contribution in [0.5, 0.6) is 0 Å². The van der Waals surface area contributed by atoms with Crippen molar-refractivity contribution in [2.24, 2.45) is 0 Å². The number of hydrogen-bond acceptors (Lipinski definition) is 6. The molecule has 8 heteroatoms. The van der Waals surface area contributed by atoms with Gasteiger partial charge in [0.2, 0.25) is 0 Å². The van der Waals surface area contributed by atoms with Gasteiger partial charge in [-0.15, -0.1) is 0 Å². The molecule has 1 unspecified atom stereocenters. The molecular formula is C12H10INO4S2. The molecule has 1 saturated heterocycles. The molecule has 0 N–H and O–H groups in total. The highest BCUT2D eigenvalue weighted by Gasteiger charge is 2.38. The molecule has 0 aromatic carbocycles. The maximum Gasteiger partial charge on any atom is 0.328 e. The second-order valence-corrected chi connectivity index (χ2v) is 6.63. The van der Waals surface area contributed by atoms with E-state index in [-0.39, 0.29) is 5.91 Å². The summed E-state index contributed by atoms with van der Waals surface area (Å²) in [5.41, 5.74) is 0. The van der Waals surface area contributed by atoms with Crippen LogP contribution >= 0.6 is 46.6 Å². The van der Waals surface area contributed by atoms with Gasteiger partial charge >= 0.3 is 5.97 Å². The van der Waals surface area contributed by atoms with Crippen molar-refractivity contribution in [1.29, 1.82) is 0 Å². The Balaban J connectivity index is 2.25. The number of carbonyl (C=O) groups excluding carboxylic acids is 2. The first-order valence-corrected chi connectivity index (χ1v) is 7.84. The summed E-state index contributed by atoms with van der Waals surface area (Å²) in [7, 11) is 1.27. The van der Waals surface area contributed by atoms with Gasteiger partial charge in [0.1, 0.15) is 16.1 Å². The zero-order valence-corrected chi connectivity index (χ0v) is 14.4. The van der Waals surface area contributed by atoms with Crippen molar-refractivity contribution in [3.05, 3.63) is 26.6 Å². The van der Waals surface area contributed by atoms with E-state index in [0.717, 1.165) is 15.5 Å². The van der Waals surface area contributed by atoms with Crippen molar-refractivity contribution >= 4 is 68.8 Å². The smallest absolute Gasteiger partial charge is 0.328 e. The lowest BCUT2D eigenvalue weighted by Crippen LogP contribution is -2.42. The van der Waals surface area contributed by atoms with Crippen LogP contribution in [0.1, 0.15) is 12.7 Å². The number of amides is 1. The summed E-state index contributed by atoms with van der Waals surface area (Å²) >= 11 is 8.33. The number of nitrogens with zero attached hydrogens (tertiary/aromatic N) is 1. The van der Waals surface area contributed by atoms with Crippen molar-refractivity contribution in [3.63, 3.8) is 0 Å². The molecule has 2 heterocycles. The Morgan fingerprint density at radius 3 is 2.85 bits per heavy atom. The average Bonchev–Trinajstić information content (AvgIpc) is 2.93.